The van der Waals surface area contributed by atoms with Gasteiger partial charge in [0.05, 0.1) is 19.0 Å². The standard InChI is InChI=1S/C20H46O4S3Si2/c1-7-9-11-17-28-19(21-3,22-4)13-15-25-27-26-16-14-20(23-5,24-6)29-18-12-10-8-2/h7-18,28-29H2,1-6H3. The molecule has 0 aliphatic heterocycles. The second kappa shape index (κ2) is 20.0. The highest BCUT2D eigenvalue weighted by molar-refractivity contribution is 9.09. The lowest BCUT2D eigenvalue weighted by Crippen LogP contribution is -2.41. The minimum Gasteiger partial charge on any atom is -0.358 e. The second-order valence-electron chi connectivity index (χ2n) is 7.47. The van der Waals surface area contributed by atoms with Crippen LogP contribution in [0.25, 0.3) is 0 Å². The topological polar surface area (TPSA) is 36.9 Å². The Morgan fingerprint density at radius 2 is 1.00 bits per heavy atom. The van der Waals surface area contributed by atoms with Gasteiger partial charge in [-0.15, -0.1) is 0 Å². The van der Waals surface area contributed by atoms with E-state index in [2.05, 4.69) is 13.8 Å². The molecule has 0 bridgehead atoms. The molecular weight excluding hydrogens is 457 g/mol. The average Bonchev–Trinajstić information content (AvgIpc) is 2.76. The molecule has 9 heteroatoms. The van der Waals surface area contributed by atoms with Crippen LogP contribution < -0.4 is 0 Å². The van der Waals surface area contributed by atoms with Crippen molar-refractivity contribution in [3.63, 3.8) is 0 Å². The molecule has 176 valence electrons. The molecule has 0 N–H and O–H groups in total. The molecule has 0 fully saturated rings. The molecule has 29 heavy (non-hydrogen) atoms. The van der Waals surface area contributed by atoms with E-state index in [1.54, 1.807) is 0 Å². The maximum absolute atomic E-state index is 5.81. The van der Waals surface area contributed by atoms with Crippen LogP contribution in [0, 0.1) is 0 Å². The van der Waals surface area contributed by atoms with Crippen LogP contribution in [0.5, 0.6) is 0 Å². The summed E-state index contributed by atoms with van der Waals surface area (Å²) in [7, 11) is 12.2. The van der Waals surface area contributed by atoms with Crippen molar-refractivity contribution < 1.29 is 18.9 Å². The first-order valence-corrected chi connectivity index (χ1v) is 18.4. The number of hydrogen-bond donors (Lipinski definition) is 0. The molecule has 4 nitrogen and oxygen atoms in total. The van der Waals surface area contributed by atoms with Gasteiger partial charge in [0.15, 0.2) is 0 Å². The largest absolute Gasteiger partial charge is 0.358 e. The van der Waals surface area contributed by atoms with Crippen LogP contribution in [-0.2, 0) is 18.9 Å². The van der Waals surface area contributed by atoms with E-state index in [1.165, 1.54) is 50.6 Å². The van der Waals surface area contributed by atoms with Crippen molar-refractivity contribution in [1.82, 2.24) is 0 Å². The van der Waals surface area contributed by atoms with Gasteiger partial charge in [-0.25, -0.2) is 0 Å². The third-order valence-electron chi connectivity index (χ3n) is 5.54. The van der Waals surface area contributed by atoms with Crippen molar-refractivity contribution in [1.29, 1.82) is 0 Å². The lowest BCUT2D eigenvalue weighted by atomic mass is 10.3. The zero-order valence-corrected chi connectivity index (χ0v) is 25.0. The molecule has 0 unspecified atom stereocenters. The fourth-order valence-electron chi connectivity index (χ4n) is 3.37. The zero-order chi connectivity index (χ0) is 21.8. The Bertz CT molecular complexity index is 329. The summed E-state index contributed by atoms with van der Waals surface area (Å²) in [5, 5.41) is 0. The van der Waals surface area contributed by atoms with E-state index in [1.807, 2.05) is 59.9 Å². The van der Waals surface area contributed by atoms with E-state index in [0.29, 0.717) is 0 Å². The van der Waals surface area contributed by atoms with E-state index in [0.717, 1.165) is 24.3 Å². The third kappa shape index (κ3) is 14.2. The minimum atomic E-state index is -0.386. The quantitative estimate of drug-likeness (QED) is 0.0866. The summed E-state index contributed by atoms with van der Waals surface area (Å²) in [6, 6.07) is 2.61. The summed E-state index contributed by atoms with van der Waals surface area (Å²) in [6.07, 6.45) is 9.81. The van der Waals surface area contributed by atoms with E-state index in [-0.39, 0.29) is 29.9 Å². The Hall–Kier alpha value is 1.32. The van der Waals surface area contributed by atoms with E-state index in [9.17, 15) is 0 Å². The number of hydrogen-bond acceptors (Lipinski definition) is 7. The van der Waals surface area contributed by atoms with Crippen LogP contribution >= 0.6 is 31.4 Å². The molecule has 0 atom stereocenters. The molecule has 0 aromatic rings. The van der Waals surface area contributed by atoms with Crippen LogP contribution in [0.2, 0.25) is 12.1 Å². The molecular formula is C20H46O4S3Si2. The Morgan fingerprint density at radius 1 is 0.621 bits per heavy atom. The molecule has 0 aromatic heterocycles. The molecule has 0 saturated heterocycles. The molecule has 0 radical (unpaired) electrons. The van der Waals surface area contributed by atoms with Gasteiger partial charge < -0.3 is 18.9 Å². The van der Waals surface area contributed by atoms with Gasteiger partial charge in [-0.1, -0.05) is 86.0 Å². The van der Waals surface area contributed by atoms with Crippen LogP contribution in [-0.4, -0.2) is 69.8 Å². The molecule has 0 heterocycles. The Labute approximate surface area is 196 Å². The first kappa shape index (κ1) is 30.3. The monoisotopic (exact) mass is 502 g/mol. The summed E-state index contributed by atoms with van der Waals surface area (Å²) in [5.74, 6) is 2.12. The first-order valence-electron chi connectivity index (χ1n) is 11.2. The normalized spacial score (nSPS) is 13.4. The number of methoxy groups -OCH3 is 4. The van der Waals surface area contributed by atoms with Crippen molar-refractivity contribution in [3.05, 3.63) is 0 Å². The Balaban J connectivity index is 4.06. The van der Waals surface area contributed by atoms with Crippen molar-refractivity contribution >= 4 is 50.5 Å². The fourth-order valence-corrected chi connectivity index (χ4v) is 11.8. The second-order valence-corrected chi connectivity index (χ2v) is 16.5. The van der Waals surface area contributed by atoms with E-state index >= 15 is 0 Å². The highest BCUT2D eigenvalue weighted by atomic mass is 33.5. The molecule has 0 aliphatic rings. The van der Waals surface area contributed by atoms with Crippen molar-refractivity contribution in [2.75, 3.05) is 39.9 Å². The minimum absolute atomic E-state index is 0.280. The Morgan fingerprint density at radius 3 is 1.31 bits per heavy atom. The molecule has 0 rings (SSSR count). The summed E-state index contributed by atoms with van der Waals surface area (Å²) < 4.78 is 23.2. The van der Waals surface area contributed by atoms with Gasteiger partial charge in [-0.05, 0) is 9.83 Å². The lowest BCUT2D eigenvalue weighted by Gasteiger charge is -2.31. The predicted octanol–water partition coefficient (Wildman–Crippen LogP) is 5.24. The van der Waals surface area contributed by atoms with Gasteiger partial charge in [-0.3, -0.25) is 0 Å². The van der Waals surface area contributed by atoms with Crippen molar-refractivity contribution in [2.24, 2.45) is 0 Å². The first-order chi connectivity index (χ1) is 14.1. The molecule has 0 amide bonds. The van der Waals surface area contributed by atoms with Gasteiger partial charge >= 0.3 is 0 Å². The molecule has 0 saturated carbocycles. The number of ether oxygens (including phenoxy) is 4. The van der Waals surface area contributed by atoms with Gasteiger partial charge in [0.1, 0.15) is 10.8 Å². The van der Waals surface area contributed by atoms with Gasteiger partial charge in [0.25, 0.3) is 0 Å². The SMILES string of the molecule is CCCCC[SiH2]C(CCSSSCCC(OC)(OC)[SiH2]CCCCC)(OC)OC. The fraction of sp³-hybridized carbons (Fsp3) is 1.00. The van der Waals surface area contributed by atoms with E-state index in [4.69, 9.17) is 18.9 Å². The highest BCUT2D eigenvalue weighted by Gasteiger charge is 2.30. The maximum Gasteiger partial charge on any atom is 0.145 e. The van der Waals surface area contributed by atoms with Crippen LogP contribution in [0.15, 0.2) is 0 Å². The average molecular weight is 503 g/mol. The third-order valence-corrected chi connectivity index (χ3v) is 14.9. The van der Waals surface area contributed by atoms with Crippen LogP contribution in [0.4, 0.5) is 0 Å². The molecule has 0 aromatic carbocycles. The van der Waals surface area contributed by atoms with E-state index < -0.39 is 0 Å². The summed E-state index contributed by atoms with van der Waals surface area (Å²) in [6.45, 7) is 4.51. The molecule has 0 spiro atoms. The summed E-state index contributed by atoms with van der Waals surface area (Å²) >= 11 is 0. The maximum atomic E-state index is 5.81. The predicted molar refractivity (Wildman–Crippen MR) is 141 cm³/mol. The van der Waals surface area contributed by atoms with Gasteiger partial charge in [0, 0.05) is 52.8 Å². The van der Waals surface area contributed by atoms with Crippen molar-refractivity contribution in [2.45, 2.75) is 88.1 Å². The van der Waals surface area contributed by atoms with Gasteiger partial charge in [-0.2, -0.15) is 0 Å². The smallest absolute Gasteiger partial charge is 0.145 e. The lowest BCUT2D eigenvalue weighted by molar-refractivity contribution is -0.145. The number of rotatable bonds is 22. The zero-order valence-electron chi connectivity index (χ0n) is 19.8. The number of unbranched alkanes of at least 4 members (excludes halogenated alkanes) is 4. The Kier molecular flexibility index (Phi) is 20.9. The summed E-state index contributed by atoms with van der Waals surface area (Å²) in [4.78, 5) is 0. The molecule has 0 aliphatic carbocycles. The van der Waals surface area contributed by atoms with Crippen molar-refractivity contribution in [3.8, 4) is 0 Å². The van der Waals surface area contributed by atoms with Gasteiger partial charge in [0.2, 0.25) is 0 Å². The van der Waals surface area contributed by atoms with Crippen LogP contribution in [0.1, 0.15) is 65.2 Å². The highest BCUT2D eigenvalue weighted by Crippen LogP contribution is 2.37. The van der Waals surface area contributed by atoms with Crippen LogP contribution in [0.3, 0.4) is 0 Å². The summed E-state index contributed by atoms with van der Waals surface area (Å²) in [5.41, 5.74) is -0.561.